The lowest BCUT2D eigenvalue weighted by Crippen LogP contribution is -2.41. The van der Waals surface area contributed by atoms with Gasteiger partial charge in [-0.25, -0.2) is 14.2 Å². The van der Waals surface area contributed by atoms with Gasteiger partial charge < -0.3 is 31.5 Å². The Bertz CT molecular complexity index is 1680. The fraction of sp³-hybridized carbons (Fsp3) is 0.308. The van der Waals surface area contributed by atoms with Gasteiger partial charge >= 0.3 is 24.3 Å². The van der Waals surface area contributed by atoms with E-state index in [1.54, 1.807) is 28.7 Å². The number of carbonyl (C=O) groups excluding carboxylic acids is 2. The minimum absolute atomic E-state index is 0.0212. The van der Waals surface area contributed by atoms with E-state index in [1.165, 1.54) is 18.3 Å². The maximum absolute atomic E-state index is 13.3. The molecule has 2 heterocycles. The fourth-order valence-corrected chi connectivity index (χ4v) is 4.65. The highest BCUT2D eigenvalue weighted by Crippen LogP contribution is 2.33. The molecule has 47 heavy (non-hydrogen) atoms. The lowest BCUT2D eigenvalue weighted by molar-refractivity contribution is -0.192. The van der Waals surface area contributed by atoms with Crippen molar-refractivity contribution in [1.29, 1.82) is 0 Å². The standard InChI is InChI=1S/C24H22F4IN7O4.C2HF3O2/c25-13-7-31-23(32-8-13)34-15-4-16(17-9-33-36-19(17)5-15)22(40)30-10-20(37)35-18(6-21(38)39)11-1-12(24(26,27)28)3-14(29)2-11;3-2(4,5)1(6)7/h1-5,9,13,18H,6-8,10H2,(H,30,40)(H,33,36)(H,35,37)(H,38,39)(H2,31,32,34);(H,6,7). The van der Waals surface area contributed by atoms with Crippen molar-refractivity contribution >= 4 is 68.9 Å². The van der Waals surface area contributed by atoms with Crippen LogP contribution < -0.4 is 21.3 Å². The second kappa shape index (κ2) is 15.3. The molecule has 254 valence electrons. The first-order valence-electron chi connectivity index (χ1n) is 13.0. The molecule has 0 spiro atoms. The molecule has 1 aliphatic rings. The third-order valence-corrected chi connectivity index (χ3v) is 6.64. The molecule has 2 unspecified atom stereocenters. The number of carboxylic acid groups (broad SMARTS) is 2. The van der Waals surface area contributed by atoms with Crippen LogP contribution in [-0.2, 0) is 20.6 Å². The number of aliphatic carboxylic acids is 2. The minimum Gasteiger partial charge on any atom is -0.481 e. The van der Waals surface area contributed by atoms with Gasteiger partial charge in [-0.1, -0.05) is 0 Å². The van der Waals surface area contributed by atoms with Crippen molar-refractivity contribution in [3.05, 3.63) is 56.8 Å². The van der Waals surface area contributed by atoms with E-state index in [0.717, 1.165) is 12.1 Å². The number of benzene rings is 2. The van der Waals surface area contributed by atoms with E-state index < -0.39 is 66.8 Å². The van der Waals surface area contributed by atoms with E-state index >= 15 is 0 Å². The molecule has 3 aromatic rings. The zero-order chi connectivity index (χ0) is 35.1. The van der Waals surface area contributed by atoms with E-state index in [4.69, 9.17) is 9.90 Å². The van der Waals surface area contributed by atoms with Crippen LogP contribution in [-0.4, -0.2) is 82.1 Å². The number of aliphatic imine (C=N–C) groups is 1. The monoisotopic (exact) mass is 789 g/mol. The highest BCUT2D eigenvalue weighted by Gasteiger charge is 2.38. The summed E-state index contributed by atoms with van der Waals surface area (Å²) in [5.41, 5.74) is 0.0221. The van der Waals surface area contributed by atoms with E-state index in [-0.39, 0.29) is 27.8 Å². The lowest BCUT2D eigenvalue weighted by atomic mass is 10.0. The number of H-pyrrole nitrogens is 1. The average Bonchev–Trinajstić information content (AvgIpc) is 3.44. The number of aromatic amines is 1. The zero-order valence-electron chi connectivity index (χ0n) is 23.4. The Balaban J connectivity index is 0.000000771. The molecule has 4 rings (SSSR count). The SMILES string of the molecule is O=C(O)C(F)(F)F.O=C(O)CC(NC(=O)CNC(=O)c1cc(NC2=NCC(F)CN2)cc2[nH]ncc12)c1cc(I)cc(C(F)(F)F)c1. The minimum atomic E-state index is -5.08. The quantitative estimate of drug-likeness (QED) is 0.132. The molecule has 2 aromatic carbocycles. The number of anilines is 1. The number of nitrogens with one attached hydrogen (secondary N) is 5. The summed E-state index contributed by atoms with van der Waals surface area (Å²) in [5.74, 6) is -5.27. The van der Waals surface area contributed by atoms with Crippen molar-refractivity contribution < 1.29 is 60.1 Å². The van der Waals surface area contributed by atoms with Crippen LogP contribution in [0.1, 0.15) is 33.9 Å². The fourth-order valence-electron chi connectivity index (χ4n) is 3.96. The Morgan fingerprint density at radius 1 is 1.04 bits per heavy atom. The van der Waals surface area contributed by atoms with Gasteiger partial charge in [-0.2, -0.15) is 31.4 Å². The van der Waals surface area contributed by atoms with E-state index in [9.17, 15) is 50.2 Å². The predicted octanol–water partition coefficient (Wildman–Crippen LogP) is 3.59. The average molecular weight is 789 g/mol. The normalized spacial score (nSPS) is 15.3. The van der Waals surface area contributed by atoms with E-state index in [1.807, 2.05) is 0 Å². The number of hydrogen-bond donors (Lipinski definition) is 7. The molecule has 1 aliphatic heterocycles. The molecular weight excluding hydrogens is 766 g/mol. The molecule has 0 aliphatic carbocycles. The van der Waals surface area contributed by atoms with Crippen LogP contribution in [0, 0.1) is 3.57 Å². The number of halogens is 8. The summed E-state index contributed by atoms with van der Waals surface area (Å²) in [6.07, 6.45) is -10.1. The molecule has 2 amide bonds. The Morgan fingerprint density at radius 3 is 2.30 bits per heavy atom. The van der Waals surface area contributed by atoms with Crippen molar-refractivity contribution in [2.75, 3.05) is 25.0 Å². The number of nitrogens with zero attached hydrogens (tertiary/aromatic N) is 2. The molecule has 7 N–H and O–H groups in total. The first-order chi connectivity index (χ1) is 21.8. The third kappa shape index (κ3) is 11.0. The molecular formula is C26H23F7IN7O6. The second-order valence-electron chi connectivity index (χ2n) is 9.62. The molecule has 0 bridgehead atoms. The smallest absolute Gasteiger partial charge is 0.481 e. The largest absolute Gasteiger partial charge is 0.490 e. The molecule has 2 atom stereocenters. The summed E-state index contributed by atoms with van der Waals surface area (Å²) < 4.78 is 85.1. The highest BCUT2D eigenvalue weighted by atomic mass is 127. The van der Waals surface area contributed by atoms with Crippen molar-refractivity contribution in [1.82, 2.24) is 26.1 Å². The van der Waals surface area contributed by atoms with Crippen LogP contribution >= 0.6 is 22.6 Å². The van der Waals surface area contributed by atoms with Gasteiger partial charge in [0.15, 0.2) is 5.96 Å². The summed E-state index contributed by atoms with van der Waals surface area (Å²) in [6, 6.07) is 4.88. The number of aromatic nitrogens is 2. The summed E-state index contributed by atoms with van der Waals surface area (Å²) in [7, 11) is 0. The van der Waals surface area contributed by atoms with Gasteiger partial charge in [0.1, 0.15) is 6.17 Å². The van der Waals surface area contributed by atoms with Gasteiger partial charge in [0, 0.05) is 14.6 Å². The molecule has 1 aromatic heterocycles. The summed E-state index contributed by atoms with van der Waals surface area (Å²) in [5, 5.41) is 34.1. The number of fused-ring (bicyclic) bond motifs is 1. The molecule has 13 nitrogen and oxygen atoms in total. The Hall–Kier alpha value is -4.70. The highest BCUT2D eigenvalue weighted by molar-refractivity contribution is 14.1. The number of hydrogen-bond acceptors (Lipinski definition) is 8. The van der Waals surface area contributed by atoms with Crippen LogP contribution in [0.2, 0.25) is 0 Å². The van der Waals surface area contributed by atoms with Gasteiger partial charge in [-0.15, -0.1) is 0 Å². The Kier molecular flexibility index (Phi) is 11.9. The second-order valence-corrected chi connectivity index (χ2v) is 10.9. The maximum atomic E-state index is 13.3. The number of rotatable bonds is 8. The Morgan fingerprint density at radius 2 is 1.72 bits per heavy atom. The van der Waals surface area contributed by atoms with Gasteiger partial charge in [-0.3, -0.25) is 19.5 Å². The molecule has 0 radical (unpaired) electrons. The third-order valence-electron chi connectivity index (χ3n) is 6.02. The number of carbonyl (C=O) groups is 4. The molecule has 0 saturated carbocycles. The van der Waals surface area contributed by atoms with Gasteiger partial charge in [0.05, 0.1) is 54.9 Å². The van der Waals surface area contributed by atoms with Crippen molar-refractivity contribution in [3.63, 3.8) is 0 Å². The summed E-state index contributed by atoms with van der Waals surface area (Å²) >= 11 is 1.67. The maximum Gasteiger partial charge on any atom is 0.490 e. The van der Waals surface area contributed by atoms with Crippen molar-refractivity contribution in [3.8, 4) is 0 Å². The number of carboxylic acids is 2. The van der Waals surface area contributed by atoms with Gasteiger partial charge in [0.25, 0.3) is 5.91 Å². The predicted molar refractivity (Wildman–Crippen MR) is 158 cm³/mol. The van der Waals surface area contributed by atoms with Crippen LogP contribution in [0.15, 0.2) is 41.5 Å². The number of amides is 2. The molecule has 21 heteroatoms. The lowest BCUT2D eigenvalue weighted by Gasteiger charge is -2.20. The summed E-state index contributed by atoms with van der Waals surface area (Å²) in [6.45, 7) is -0.538. The van der Waals surface area contributed by atoms with Gasteiger partial charge in [-0.05, 0) is 58.5 Å². The first kappa shape index (κ1) is 36.8. The topological polar surface area (TPSA) is 198 Å². The van der Waals surface area contributed by atoms with Crippen LogP contribution in [0.5, 0.6) is 0 Å². The van der Waals surface area contributed by atoms with Crippen LogP contribution in [0.25, 0.3) is 10.9 Å². The molecule has 0 fully saturated rings. The Labute approximate surface area is 272 Å². The van der Waals surface area contributed by atoms with Crippen molar-refractivity contribution in [2.24, 2.45) is 4.99 Å². The van der Waals surface area contributed by atoms with E-state index in [2.05, 4.69) is 36.5 Å². The van der Waals surface area contributed by atoms with Crippen LogP contribution in [0.4, 0.5) is 36.4 Å². The van der Waals surface area contributed by atoms with Crippen molar-refractivity contribution in [2.45, 2.75) is 31.0 Å². The zero-order valence-corrected chi connectivity index (χ0v) is 25.6. The van der Waals surface area contributed by atoms with Crippen LogP contribution in [0.3, 0.4) is 0 Å². The van der Waals surface area contributed by atoms with Gasteiger partial charge in [0.2, 0.25) is 5.91 Å². The van der Waals surface area contributed by atoms with E-state index in [0.29, 0.717) is 22.5 Å². The summed E-state index contributed by atoms with van der Waals surface area (Å²) in [4.78, 5) is 50.0. The first-order valence-corrected chi connectivity index (χ1v) is 14.0. The molecule has 0 saturated heterocycles. The number of guanidine groups is 1. The number of alkyl halides is 7.